The number of hydrogen-bond donors (Lipinski definition) is 6. The number of carbonyl (C=O) groups excluding carboxylic acids is 1. The fourth-order valence-electron chi connectivity index (χ4n) is 9.31. The van der Waals surface area contributed by atoms with Crippen LogP contribution in [0.15, 0.2) is 97.2 Å². The van der Waals surface area contributed by atoms with Gasteiger partial charge in [-0.3, -0.25) is 4.79 Å². The zero-order valence-corrected chi connectivity index (χ0v) is 48.0. The van der Waals surface area contributed by atoms with E-state index in [0.29, 0.717) is 6.42 Å². The van der Waals surface area contributed by atoms with Crippen LogP contribution in [0.3, 0.4) is 0 Å². The third-order valence-corrected chi connectivity index (χ3v) is 14.2. The summed E-state index contributed by atoms with van der Waals surface area (Å²) in [4.78, 5) is 13.0. The van der Waals surface area contributed by atoms with E-state index in [1.54, 1.807) is 6.08 Å². The number of unbranched alkanes of at least 4 members (excludes halogenated alkanes) is 28. The highest BCUT2D eigenvalue weighted by Gasteiger charge is 2.44. The maximum Gasteiger partial charge on any atom is 0.220 e. The largest absolute Gasteiger partial charge is 0.394 e. The van der Waals surface area contributed by atoms with E-state index in [1.807, 2.05) is 6.08 Å². The van der Waals surface area contributed by atoms with Crippen LogP contribution in [0.4, 0.5) is 0 Å². The molecule has 9 heteroatoms. The van der Waals surface area contributed by atoms with Crippen LogP contribution >= 0.6 is 0 Å². The molecule has 0 aliphatic carbocycles. The van der Waals surface area contributed by atoms with Gasteiger partial charge in [0.2, 0.25) is 5.91 Å². The van der Waals surface area contributed by atoms with Crippen molar-refractivity contribution in [2.24, 2.45) is 0 Å². The number of aliphatic hydroxyl groups excluding tert-OH is 5. The molecule has 0 aromatic carbocycles. The summed E-state index contributed by atoms with van der Waals surface area (Å²) in [7, 11) is 0. The molecule has 1 heterocycles. The number of nitrogens with one attached hydrogen (secondary N) is 1. The second kappa shape index (κ2) is 54.5. The van der Waals surface area contributed by atoms with E-state index < -0.39 is 49.5 Å². The second-order valence-corrected chi connectivity index (χ2v) is 21.1. The Balaban J connectivity index is 2.04. The van der Waals surface area contributed by atoms with Crippen molar-refractivity contribution in [3.8, 4) is 0 Å². The molecule has 1 rings (SSSR count). The second-order valence-electron chi connectivity index (χ2n) is 21.1. The predicted octanol–water partition coefficient (Wildman–Crippen LogP) is 16.0. The van der Waals surface area contributed by atoms with Gasteiger partial charge in [-0.25, -0.2) is 0 Å². The molecule has 0 bridgehead atoms. The minimum absolute atomic E-state index is 0.178. The van der Waals surface area contributed by atoms with Crippen LogP contribution in [-0.2, 0) is 14.3 Å². The lowest BCUT2D eigenvalue weighted by molar-refractivity contribution is -0.302. The van der Waals surface area contributed by atoms with Crippen LogP contribution in [-0.4, -0.2) is 87.5 Å². The fraction of sp³-hybridized carbons (Fsp3) is 0.742. The molecule has 0 aromatic rings. The molecule has 9 nitrogen and oxygen atoms in total. The molecule has 1 aliphatic rings. The number of rotatable bonds is 52. The van der Waals surface area contributed by atoms with Crippen LogP contribution in [0.2, 0.25) is 0 Å². The molecule has 1 aliphatic heterocycles. The fourth-order valence-corrected chi connectivity index (χ4v) is 9.31. The van der Waals surface area contributed by atoms with Crippen molar-refractivity contribution in [3.05, 3.63) is 97.2 Å². The molecule has 1 saturated heterocycles. The van der Waals surface area contributed by atoms with E-state index in [-0.39, 0.29) is 12.5 Å². The minimum atomic E-state index is -1.57. The van der Waals surface area contributed by atoms with Gasteiger partial charge in [0.15, 0.2) is 6.29 Å². The van der Waals surface area contributed by atoms with Crippen molar-refractivity contribution in [2.75, 3.05) is 13.2 Å². The highest BCUT2D eigenvalue weighted by atomic mass is 16.7. The summed E-state index contributed by atoms with van der Waals surface area (Å²) in [6, 6.07) is -0.806. The lowest BCUT2D eigenvalue weighted by atomic mass is 9.99. The average molecular weight is 1050 g/mol. The summed E-state index contributed by atoms with van der Waals surface area (Å²) in [5.41, 5.74) is 0. The highest BCUT2D eigenvalue weighted by molar-refractivity contribution is 5.76. The minimum Gasteiger partial charge on any atom is -0.394 e. The predicted molar refractivity (Wildman–Crippen MR) is 318 cm³/mol. The number of amides is 1. The van der Waals surface area contributed by atoms with Gasteiger partial charge in [-0.2, -0.15) is 0 Å². The molecule has 7 unspecified atom stereocenters. The van der Waals surface area contributed by atoms with Crippen LogP contribution < -0.4 is 5.32 Å². The van der Waals surface area contributed by atoms with Crippen molar-refractivity contribution < 1.29 is 39.8 Å². The summed E-state index contributed by atoms with van der Waals surface area (Å²) in [5.74, 6) is -0.178. The maximum atomic E-state index is 13.0. The SMILES string of the molecule is CC/C=C\C/C=C\C/C=C\C/C=C\C/C=C\C/C=C\C/C=C\CCCCCCCCCCCCCCCCCCCCCC(=O)NC(COC1OC(CO)C(O)C(O)C1O)C(O)/C=C/CCCCCCCCCCC. The normalized spacial score (nSPS) is 19.6. The Bertz CT molecular complexity index is 1500. The molecule has 75 heavy (non-hydrogen) atoms. The van der Waals surface area contributed by atoms with Crippen LogP contribution in [0.5, 0.6) is 0 Å². The van der Waals surface area contributed by atoms with Gasteiger partial charge >= 0.3 is 0 Å². The Morgan fingerprint density at radius 3 is 1.23 bits per heavy atom. The lowest BCUT2D eigenvalue weighted by Gasteiger charge is -2.40. The zero-order valence-electron chi connectivity index (χ0n) is 48.0. The third kappa shape index (κ3) is 43.7. The number of hydrogen-bond acceptors (Lipinski definition) is 8. The summed E-state index contributed by atoms with van der Waals surface area (Å²) >= 11 is 0. The van der Waals surface area contributed by atoms with Crippen molar-refractivity contribution in [1.29, 1.82) is 0 Å². The molecule has 432 valence electrons. The smallest absolute Gasteiger partial charge is 0.220 e. The van der Waals surface area contributed by atoms with E-state index in [9.17, 15) is 30.3 Å². The summed E-state index contributed by atoms with van der Waals surface area (Å²) in [6.07, 6.45) is 72.2. The Morgan fingerprint density at radius 2 is 0.827 bits per heavy atom. The quantitative estimate of drug-likeness (QED) is 0.0261. The van der Waals surface area contributed by atoms with E-state index >= 15 is 0 Å². The number of ether oxygens (including phenoxy) is 2. The van der Waals surface area contributed by atoms with Gasteiger partial charge in [0, 0.05) is 6.42 Å². The van der Waals surface area contributed by atoms with E-state index in [1.165, 1.54) is 154 Å². The zero-order chi connectivity index (χ0) is 54.3. The van der Waals surface area contributed by atoms with E-state index in [4.69, 9.17) is 9.47 Å². The summed E-state index contributed by atoms with van der Waals surface area (Å²) < 4.78 is 11.2. The molecule has 1 amide bonds. The van der Waals surface area contributed by atoms with Gasteiger partial charge in [-0.15, -0.1) is 0 Å². The van der Waals surface area contributed by atoms with Crippen molar-refractivity contribution in [1.82, 2.24) is 5.32 Å². The van der Waals surface area contributed by atoms with Gasteiger partial charge in [0.1, 0.15) is 24.4 Å². The molecule has 6 N–H and O–H groups in total. The number of allylic oxidation sites excluding steroid dienone is 15. The van der Waals surface area contributed by atoms with Gasteiger partial charge in [0.05, 0.1) is 25.4 Å². The molecule has 0 saturated carbocycles. The first-order valence-corrected chi connectivity index (χ1v) is 31.0. The first-order chi connectivity index (χ1) is 36.8. The monoisotopic (exact) mass is 1050 g/mol. The highest BCUT2D eigenvalue weighted by Crippen LogP contribution is 2.23. The maximum absolute atomic E-state index is 13.0. The van der Waals surface area contributed by atoms with Gasteiger partial charge in [-0.05, 0) is 77.0 Å². The molecular formula is C66H115NO8. The topological polar surface area (TPSA) is 149 Å². The number of carbonyl (C=O) groups is 1. The average Bonchev–Trinajstić information content (AvgIpc) is 3.41. The first kappa shape index (κ1) is 70.1. The molecule has 0 spiro atoms. The molecule has 1 fully saturated rings. The first-order valence-electron chi connectivity index (χ1n) is 31.0. The van der Waals surface area contributed by atoms with E-state index in [2.05, 4.69) is 104 Å². The Kier molecular flexibility index (Phi) is 50.9. The summed E-state index contributed by atoms with van der Waals surface area (Å²) in [6.45, 7) is 3.65. The number of aliphatic hydroxyl groups is 5. The molecular weight excluding hydrogens is 935 g/mol. The van der Waals surface area contributed by atoms with E-state index in [0.717, 1.165) is 83.5 Å². The van der Waals surface area contributed by atoms with Crippen molar-refractivity contribution in [3.63, 3.8) is 0 Å². The van der Waals surface area contributed by atoms with Gasteiger partial charge in [-0.1, -0.05) is 272 Å². The third-order valence-electron chi connectivity index (χ3n) is 14.2. The lowest BCUT2D eigenvalue weighted by Crippen LogP contribution is -2.60. The Hall–Kier alpha value is -2.89. The molecule has 0 aromatic heterocycles. The summed E-state index contributed by atoms with van der Waals surface area (Å²) in [5, 5.41) is 54.4. The van der Waals surface area contributed by atoms with Crippen molar-refractivity contribution in [2.45, 2.75) is 301 Å². The Labute approximate surface area is 460 Å². The standard InChI is InChI=1S/C66H115NO8/c1-3-5-7-9-11-13-15-16-17-18-19-20-21-22-23-24-25-26-27-28-29-30-31-32-33-34-35-36-37-38-39-40-41-42-43-44-46-48-50-52-54-56-62(70)67-59(58-74-66-65(73)64(72)63(71)61(57-68)75-66)60(69)55-53-51-49-47-45-14-12-10-8-6-4-2/h5,7,11,13,16-17,19-20,22-23,25-26,28-29,53,55,59-61,63-66,68-69,71-73H,3-4,6,8-10,12,14-15,18,21,24,27,30-52,54,56-58H2,1-2H3,(H,67,70)/b7-5-,13-11-,17-16-,20-19-,23-22-,26-25-,29-28-,55-53+. The van der Waals surface area contributed by atoms with Crippen LogP contribution in [0.1, 0.15) is 258 Å². The van der Waals surface area contributed by atoms with Gasteiger partial charge in [0.25, 0.3) is 0 Å². The molecule has 0 radical (unpaired) electrons. The molecule has 7 atom stereocenters. The van der Waals surface area contributed by atoms with Crippen LogP contribution in [0, 0.1) is 0 Å². The van der Waals surface area contributed by atoms with Gasteiger partial charge < -0.3 is 40.3 Å². The van der Waals surface area contributed by atoms with Crippen molar-refractivity contribution >= 4 is 5.91 Å². The van der Waals surface area contributed by atoms with Crippen LogP contribution in [0.25, 0.3) is 0 Å². The Morgan fingerprint density at radius 1 is 0.467 bits per heavy atom.